The Labute approximate surface area is 162 Å². The first kappa shape index (κ1) is 21.4. The van der Waals surface area contributed by atoms with Crippen LogP contribution in [0, 0.1) is 17.8 Å². The minimum Gasteiger partial charge on any atom is -0.381 e. The van der Waals surface area contributed by atoms with Gasteiger partial charge in [-0.05, 0) is 56.8 Å². The molecule has 3 fully saturated rings. The van der Waals surface area contributed by atoms with E-state index in [9.17, 15) is 13.2 Å². The maximum atomic E-state index is 13.5. The average molecular weight is 391 g/mol. The van der Waals surface area contributed by atoms with E-state index in [2.05, 4.69) is 0 Å². The summed E-state index contributed by atoms with van der Waals surface area (Å²) in [7, 11) is 0. The SMILES string of the molecule is FC(F)(F)C(COCC1CCCC(OC2CCCCC2)C1)C1CCCCC1. The second-order valence-corrected chi connectivity index (χ2v) is 9.13. The number of ether oxygens (including phenoxy) is 2. The Morgan fingerprint density at radius 3 is 2.04 bits per heavy atom. The summed E-state index contributed by atoms with van der Waals surface area (Å²) in [6.45, 7) is 0.308. The summed E-state index contributed by atoms with van der Waals surface area (Å²) >= 11 is 0. The first-order valence-electron chi connectivity index (χ1n) is 11.3. The number of hydrogen-bond donors (Lipinski definition) is 0. The molecule has 3 saturated carbocycles. The molecule has 3 aliphatic carbocycles. The summed E-state index contributed by atoms with van der Waals surface area (Å²) in [4.78, 5) is 0. The molecule has 0 aromatic heterocycles. The second-order valence-electron chi connectivity index (χ2n) is 9.13. The van der Waals surface area contributed by atoms with Crippen LogP contribution in [0.1, 0.15) is 89.9 Å². The van der Waals surface area contributed by atoms with Crippen molar-refractivity contribution in [3.8, 4) is 0 Å². The maximum Gasteiger partial charge on any atom is 0.394 e. The Bertz CT molecular complexity index is 414. The van der Waals surface area contributed by atoms with Gasteiger partial charge in [-0.3, -0.25) is 0 Å². The molecule has 2 nitrogen and oxygen atoms in total. The summed E-state index contributed by atoms with van der Waals surface area (Å²) in [5.74, 6) is -1.17. The molecule has 0 saturated heterocycles. The predicted molar refractivity (Wildman–Crippen MR) is 101 cm³/mol. The fourth-order valence-corrected chi connectivity index (χ4v) is 5.39. The minimum atomic E-state index is -4.14. The summed E-state index contributed by atoms with van der Waals surface area (Å²) in [6.07, 6.45) is 11.3. The van der Waals surface area contributed by atoms with Gasteiger partial charge in [0.15, 0.2) is 0 Å². The Morgan fingerprint density at radius 1 is 0.741 bits per heavy atom. The van der Waals surface area contributed by atoms with Crippen LogP contribution in [0.3, 0.4) is 0 Å². The third-order valence-electron chi connectivity index (χ3n) is 6.96. The first-order valence-corrected chi connectivity index (χ1v) is 11.3. The van der Waals surface area contributed by atoms with Crippen molar-refractivity contribution in [3.63, 3.8) is 0 Å². The molecule has 0 aromatic carbocycles. The van der Waals surface area contributed by atoms with Gasteiger partial charge in [0.2, 0.25) is 0 Å². The van der Waals surface area contributed by atoms with Gasteiger partial charge in [-0.25, -0.2) is 0 Å². The molecule has 0 amide bonds. The van der Waals surface area contributed by atoms with Crippen LogP contribution < -0.4 is 0 Å². The Morgan fingerprint density at radius 2 is 1.37 bits per heavy atom. The number of hydrogen-bond acceptors (Lipinski definition) is 2. The van der Waals surface area contributed by atoms with Crippen LogP contribution in [0.2, 0.25) is 0 Å². The van der Waals surface area contributed by atoms with E-state index >= 15 is 0 Å². The zero-order chi connectivity index (χ0) is 19.1. The van der Waals surface area contributed by atoms with Gasteiger partial charge in [0.25, 0.3) is 0 Å². The van der Waals surface area contributed by atoms with E-state index in [1.54, 1.807) is 0 Å². The molecule has 3 atom stereocenters. The van der Waals surface area contributed by atoms with Crippen LogP contribution in [-0.4, -0.2) is 31.6 Å². The molecule has 27 heavy (non-hydrogen) atoms. The smallest absolute Gasteiger partial charge is 0.381 e. The van der Waals surface area contributed by atoms with Crippen LogP contribution >= 0.6 is 0 Å². The molecule has 0 aromatic rings. The Hall–Kier alpha value is -0.290. The molecule has 0 aliphatic heterocycles. The van der Waals surface area contributed by atoms with E-state index in [1.807, 2.05) is 0 Å². The molecular formula is C22H37F3O2. The lowest BCUT2D eigenvalue weighted by Crippen LogP contribution is -2.36. The van der Waals surface area contributed by atoms with E-state index < -0.39 is 12.1 Å². The molecular weight excluding hydrogens is 353 g/mol. The predicted octanol–water partition coefficient (Wildman–Crippen LogP) is 6.67. The molecule has 0 radical (unpaired) electrons. The fraction of sp³-hybridized carbons (Fsp3) is 1.00. The number of rotatable bonds is 7. The highest BCUT2D eigenvalue weighted by Gasteiger charge is 2.44. The zero-order valence-corrected chi connectivity index (χ0v) is 16.7. The van der Waals surface area contributed by atoms with E-state index in [0.717, 1.165) is 44.9 Å². The zero-order valence-electron chi connectivity index (χ0n) is 16.7. The van der Waals surface area contributed by atoms with Crippen molar-refractivity contribution in [2.24, 2.45) is 17.8 Å². The van der Waals surface area contributed by atoms with Crippen molar-refractivity contribution >= 4 is 0 Å². The summed E-state index contributed by atoms with van der Waals surface area (Å²) in [5, 5.41) is 0. The van der Waals surface area contributed by atoms with Crippen LogP contribution in [0.15, 0.2) is 0 Å². The van der Waals surface area contributed by atoms with Gasteiger partial charge in [-0.1, -0.05) is 44.9 Å². The maximum absolute atomic E-state index is 13.5. The van der Waals surface area contributed by atoms with Gasteiger partial charge in [-0.2, -0.15) is 13.2 Å². The molecule has 158 valence electrons. The average Bonchev–Trinajstić information content (AvgIpc) is 2.66. The lowest BCUT2D eigenvalue weighted by molar-refractivity contribution is -0.207. The summed E-state index contributed by atoms with van der Waals surface area (Å²) < 4.78 is 52.5. The third kappa shape index (κ3) is 6.92. The molecule has 3 aliphatic rings. The van der Waals surface area contributed by atoms with Gasteiger partial charge < -0.3 is 9.47 Å². The van der Waals surface area contributed by atoms with Crippen LogP contribution in [0.25, 0.3) is 0 Å². The highest BCUT2D eigenvalue weighted by Crippen LogP contribution is 2.40. The van der Waals surface area contributed by atoms with Crippen LogP contribution in [0.4, 0.5) is 13.2 Å². The Kier molecular flexibility index (Phi) is 8.31. The first-order chi connectivity index (χ1) is 13.0. The molecule has 0 heterocycles. The lowest BCUT2D eigenvalue weighted by atomic mass is 9.80. The normalized spacial score (nSPS) is 30.3. The van der Waals surface area contributed by atoms with Gasteiger partial charge in [0.1, 0.15) is 0 Å². The van der Waals surface area contributed by atoms with Crippen molar-refractivity contribution in [2.75, 3.05) is 13.2 Å². The van der Waals surface area contributed by atoms with E-state index in [0.29, 0.717) is 31.5 Å². The largest absolute Gasteiger partial charge is 0.394 e. The van der Waals surface area contributed by atoms with Crippen LogP contribution in [-0.2, 0) is 9.47 Å². The number of alkyl halides is 3. The molecule has 0 N–H and O–H groups in total. The minimum absolute atomic E-state index is 0.154. The van der Waals surface area contributed by atoms with E-state index in [1.165, 1.54) is 32.1 Å². The second kappa shape index (κ2) is 10.5. The standard InChI is InChI=1S/C22H37F3O2/c23-22(24,25)21(18-9-3-1-4-10-18)16-26-15-17-8-7-13-20(14-17)27-19-11-5-2-6-12-19/h17-21H,1-16H2. The molecule has 3 unspecified atom stereocenters. The van der Waals surface area contributed by atoms with Gasteiger partial charge in [0.05, 0.1) is 24.7 Å². The molecule has 0 bridgehead atoms. The van der Waals surface area contributed by atoms with Crippen LogP contribution in [0.5, 0.6) is 0 Å². The quantitative estimate of drug-likeness (QED) is 0.483. The third-order valence-corrected chi connectivity index (χ3v) is 6.96. The summed E-state index contributed by atoms with van der Waals surface area (Å²) in [6, 6.07) is 0. The van der Waals surface area contributed by atoms with Gasteiger partial charge in [0, 0.05) is 6.61 Å². The monoisotopic (exact) mass is 390 g/mol. The van der Waals surface area contributed by atoms with Crippen molar-refractivity contribution in [2.45, 2.75) is 108 Å². The van der Waals surface area contributed by atoms with Crippen molar-refractivity contribution in [1.82, 2.24) is 0 Å². The fourth-order valence-electron chi connectivity index (χ4n) is 5.39. The van der Waals surface area contributed by atoms with Gasteiger partial charge in [-0.15, -0.1) is 0 Å². The highest BCUT2D eigenvalue weighted by molar-refractivity contribution is 4.80. The van der Waals surface area contributed by atoms with Crippen molar-refractivity contribution in [1.29, 1.82) is 0 Å². The topological polar surface area (TPSA) is 18.5 Å². The van der Waals surface area contributed by atoms with Gasteiger partial charge >= 0.3 is 6.18 Å². The highest BCUT2D eigenvalue weighted by atomic mass is 19.4. The molecule has 0 spiro atoms. The Balaban J connectivity index is 1.41. The summed E-state index contributed by atoms with van der Waals surface area (Å²) in [5.41, 5.74) is 0. The van der Waals surface area contributed by atoms with Crippen molar-refractivity contribution in [3.05, 3.63) is 0 Å². The number of halogens is 3. The van der Waals surface area contributed by atoms with E-state index in [-0.39, 0.29) is 18.6 Å². The van der Waals surface area contributed by atoms with Crippen molar-refractivity contribution < 1.29 is 22.6 Å². The molecule has 5 heteroatoms. The lowest BCUT2D eigenvalue weighted by Gasteiger charge is -2.34. The van der Waals surface area contributed by atoms with E-state index in [4.69, 9.17) is 9.47 Å². The molecule has 3 rings (SSSR count).